The molecule has 1 aromatic rings. The topological polar surface area (TPSA) is 44.7 Å². The van der Waals surface area contributed by atoms with E-state index in [-0.39, 0.29) is 0 Å². The maximum Gasteiger partial charge on any atom is 0.0587 e. The first-order valence-electron chi connectivity index (χ1n) is 7.89. The van der Waals surface area contributed by atoms with Crippen LogP contribution in [0.2, 0.25) is 0 Å². The van der Waals surface area contributed by atoms with Gasteiger partial charge in [0.05, 0.1) is 6.61 Å². The summed E-state index contributed by atoms with van der Waals surface area (Å²) in [6.07, 6.45) is 2.19. The van der Waals surface area contributed by atoms with Gasteiger partial charge in [-0.1, -0.05) is 6.07 Å². The van der Waals surface area contributed by atoms with Gasteiger partial charge in [0.25, 0.3) is 0 Å². The van der Waals surface area contributed by atoms with Crippen LogP contribution < -0.4 is 10.2 Å². The summed E-state index contributed by atoms with van der Waals surface area (Å²) in [6, 6.07) is 6.73. The van der Waals surface area contributed by atoms with Crippen LogP contribution in [0.4, 0.5) is 5.69 Å². The molecule has 1 aliphatic heterocycles. The van der Waals surface area contributed by atoms with Crippen LogP contribution in [0, 0.1) is 12.8 Å². The Morgan fingerprint density at radius 3 is 2.71 bits per heavy atom. The molecule has 0 aliphatic carbocycles. The molecule has 21 heavy (non-hydrogen) atoms. The minimum Gasteiger partial charge on any atom is -0.396 e. The molecule has 0 radical (unpaired) electrons. The number of anilines is 1. The summed E-state index contributed by atoms with van der Waals surface area (Å²) < 4.78 is 5.04. The summed E-state index contributed by atoms with van der Waals surface area (Å²) in [5.74, 6) is 0.492. The van der Waals surface area contributed by atoms with Crippen molar-refractivity contribution in [3.05, 3.63) is 29.3 Å². The van der Waals surface area contributed by atoms with Gasteiger partial charge in [-0.15, -0.1) is 0 Å². The lowest BCUT2D eigenvalue weighted by Crippen LogP contribution is -2.34. The van der Waals surface area contributed by atoms with Gasteiger partial charge in [-0.3, -0.25) is 0 Å². The van der Waals surface area contributed by atoms with Gasteiger partial charge in [0, 0.05) is 45.6 Å². The predicted octanol–water partition coefficient (Wildman–Crippen LogP) is 1.94. The zero-order valence-electron chi connectivity index (χ0n) is 13.3. The van der Waals surface area contributed by atoms with Crippen LogP contribution in [-0.2, 0) is 11.3 Å². The van der Waals surface area contributed by atoms with E-state index < -0.39 is 0 Å². The second-order valence-electron chi connectivity index (χ2n) is 5.89. The molecule has 1 aromatic carbocycles. The highest BCUT2D eigenvalue weighted by atomic mass is 16.5. The molecule has 0 unspecified atom stereocenters. The molecule has 1 aliphatic rings. The fraction of sp³-hybridized carbons (Fsp3) is 0.647. The fourth-order valence-electron chi connectivity index (χ4n) is 2.85. The second kappa shape index (κ2) is 8.37. The molecule has 4 heteroatoms. The van der Waals surface area contributed by atoms with Gasteiger partial charge in [0.15, 0.2) is 0 Å². The van der Waals surface area contributed by atoms with Crippen LogP contribution in [-0.4, -0.2) is 45.1 Å². The third kappa shape index (κ3) is 4.70. The highest BCUT2D eigenvalue weighted by Gasteiger charge is 2.18. The number of hydrogen-bond acceptors (Lipinski definition) is 4. The smallest absolute Gasteiger partial charge is 0.0587 e. The van der Waals surface area contributed by atoms with Crippen LogP contribution in [0.15, 0.2) is 18.2 Å². The molecule has 0 atom stereocenters. The maximum absolute atomic E-state index is 9.21. The average Bonchev–Trinajstić information content (AvgIpc) is 2.53. The van der Waals surface area contributed by atoms with Crippen molar-refractivity contribution < 1.29 is 9.84 Å². The minimum absolute atomic E-state index is 0.332. The lowest BCUT2D eigenvalue weighted by atomic mass is 9.97. The highest BCUT2D eigenvalue weighted by Crippen LogP contribution is 2.25. The van der Waals surface area contributed by atoms with Crippen molar-refractivity contribution in [2.45, 2.75) is 26.3 Å². The number of piperidine rings is 1. The Bertz CT molecular complexity index is 429. The molecule has 1 heterocycles. The van der Waals surface area contributed by atoms with Crippen molar-refractivity contribution in [1.82, 2.24) is 5.32 Å². The summed E-state index contributed by atoms with van der Waals surface area (Å²) in [6.45, 7) is 7.13. The van der Waals surface area contributed by atoms with E-state index in [1.165, 1.54) is 16.8 Å². The van der Waals surface area contributed by atoms with E-state index in [9.17, 15) is 5.11 Å². The monoisotopic (exact) mass is 292 g/mol. The van der Waals surface area contributed by atoms with E-state index in [0.29, 0.717) is 12.5 Å². The second-order valence-corrected chi connectivity index (χ2v) is 5.89. The summed E-state index contributed by atoms with van der Waals surface area (Å²) in [4.78, 5) is 2.43. The molecular formula is C17H28N2O2. The van der Waals surface area contributed by atoms with Crippen LogP contribution in [0.1, 0.15) is 24.0 Å². The standard InChI is InChI=1S/C17H28N2O2/c1-14-11-17(19-8-5-15(13-20)6-9-19)4-3-16(14)12-18-7-10-21-2/h3-4,11,15,18,20H,5-10,12-13H2,1-2H3. The molecule has 0 saturated carbocycles. The first kappa shape index (κ1) is 16.3. The number of aliphatic hydroxyl groups is 1. The first-order chi connectivity index (χ1) is 10.2. The molecule has 2 rings (SSSR count). The third-order valence-corrected chi connectivity index (χ3v) is 4.36. The lowest BCUT2D eigenvalue weighted by Gasteiger charge is -2.33. The lowest BCUT2D eigenvalue weighted by molar-refractivity contribution is 0.199. The van der Waals surface area contributed by atoms with Crippen LogP contribution in [0.5, 0.6) is 0 Å². The van der Waals surface area contributed by atoms with Crippen molar-refractivity contribution >= 4 is 5.69 Å². The molecule has 118 valence electrons. The average molecular weight is 292 g/mol. The number of hydrogen-bond donors (Lipinski definition) is 2. The number of aryl methyl sites for hydroxylation is 1. The van der Waals surface area contributed by atoms with Gasteiger partial charge >= 0.3 is 0 Å². The molecule has 0 spiro atoms. The van der Waals surface area contributed by atoms with Gasteiger partial charge in [0.1, 0.15) is 0 Å². The van der Waals surface area contributed by atoms with Gasteiger partial charge < -0.3 is 20.1 Å². The number of nitrogens with zero attached hydrogens (tertiary/aromatic N) is 1. The third-order valence-electron chi connectivity index (χ3n) is 4.36. The van der Waals surface area contributed by atoms with Crippen LogP contribution >= 0.6 is 0 Å². The van der Waals surface area contributed by atoms with Crippen LogP contribution in [0.25, 0.3) is 0 Å². The molecular weight excluding hydrogens is 264 g/mol. The van der Waals surface area contributed by atoms with E-state index in [1.807, 2.05) is 0 Å². The van der Waals surface area contributed by atoms with Crippen molar-refractivity contribution in [3.8, 4) is 0 Å². The van der Waals surface area contributed by atoms with Crippen molar-refractivity contribution in [1.29, 1.82) is 0 Å². The Balaban J connectivity index is 1.89. The molecule has 0 amide bonds. The fourth-order valence-corrected chi connectivity index (χ4v) is 2.85. The summed E-state index contributed by atoms with van der Waals surface area (Å²) >= 11 is 0. The summed E-state index contributed by atoms with van der Waals surface area (Å²) in [5.41, 5.74) is 3.99. The van der Waals surface area contributed by atoms with Crippen LogP contribution in [0.3, 0.4) is 0 Å². The SMILES string of the molecule is COCCNCc1ccc(N2CCC(CO)CC2)cc1C. The van der Waals surface area contributed by atoms with Gasteiger partial charge in [-0.05, 0) is 48.9 Å². The first-order valence-corrected chi connectivity index (χ1v) is 7.89. The largest absolute Gasteiger partial charge is 0.396 e. The molecule has 1 saturated heterocycles. The molecule has 4 nitrogen and oxygen atoms in total. The van der Waals surface area contributed by atoms with Crippen molar-refractivity contribution in [2.24, 2.45) is 5.92 Å². The Hall–Kier alpha value is -1.10. The number of ether oxygens (including phenoxy) is 1. The molecule has 0 aromatic heterocycles. The van der Waals surface area contributed by atoms with E-state index in [1.54, 1.807) is 7.11 Å². The van der Waals surface area contributed by atoms with E-state index in [2.05, 4.69) is 35.3 Å². The predicted molar refractivity (Wildman–Crippen MR) is 86.8 cm³/mol. The Morgan fingerprint density at radius 2 is 2.10 bits per heavy atom. The number of benzene rings is 1. The highest BCUT2D eigenvalue weighted by molar-refractivity contribution is 5.51. The zero-order valence-corrected chi connectivity index (χ0v) is 13.3. The Kier molecular flexibility index (Phi) is 6.49. The van der Waals surface area contributed by atoms with E-state index in [4.69, 9.17) is 4.74 Å². The summed E-state index contributed by atoms with van der Waals surface area (Å²) in [7, 11) is 1.72. The van der Waals surface area contributed by atoms with Gasteiger partial charge in [-0.2, -0.15) is 0 Å². The Labute approximate surface area is 128 Å². The maximum atomic E-state index is 9.21. The Morgan fingerprint density at radius 1 is 1.33 bits per heavy atom. The van der Waals surface area contributed by atoms with Crippen molar-refractivity contribution in [3.63, 3.8) is 0 Å². The number of aliphatic hydroxyl groups excluding tert-OH is 1. The quantitative estimate of drug-likeness (QED) is 0.754. The van der Waals surface area contributed by atoms with Gasteiger partial charge in [-0.25, -0.2) is 0 Å². The molecule has 1 fully saturated rings. The minimum atomic E-state index is 0.332. The number of rotatable bonds is 7. The van der Waals surface area contributed by atoms with Gasteiger partial charge in [0.2, 0.25) is 0 Å². The number of methoxy groups -OCH3 is 1. The van der Waals surface area contributed by atoms with E-state index in [0.717, 1.165) is 45.6 Å². The molecule has 0 bridgehead atoms. The van der Waals surface area contributed by atoms with E-state index >= 15 is 0 Å². The zero-order chi connectivity index (χ0) is 15.1. The summed E-state index contributed by atoms with van der Waals surface area (Å²) in [5, 5.41) is 12.6. The normalized spacial score (nSPS) is 16.4. The molecule has 2 N–H and O–H groups in total. The number of nitrogens with one attached hydrogen (secondary N) is 1. The van der Waals surface area contributed by atoms with Crippen molar-refractivity contribution in [2.75, 3.05) is 44.9 Å².